The Morgan fingerprint density at radius 2 is 1.83 bits per heavy atom. The molecular weight excluding hydrogens is 426 g/mol. The molecule has 2 heterocycles. The number of thioether (sulfide) groups is 1. The summed E-state index contributed by atoms with van der Waals surface area (Å²) in [6, 6.07) is 11.7. The van der Waals surface area contributed by atoms with Crippen molar-refractivity contribution in [3.63, 3.8) is 0 Å². The van der Waals surface area contributed by atoms with E-state index in [0.29, 0.717) is 21.2 Å². The van der Waals surface area contributed by atoms with Gasteiger partial charge in [0.25, 0.3) is 11.8 Å². The molecule has 0 atom stereocenters. The van der Waals surface area contributed by atoms with E-state index in [2.05, 4.69) is 15.0 Å². The number of nitrogens with zero attached hydrogens (tertiary/aromatic N) is 2. The highest BCUT2D eigenvalue weighted by atomic mass is 32.2. The number of aromatic nitrogens is 1. The first-order valence-corrected chi connectivity index (χ1v) is 10.6. The fourth-order valence-electron chi connectivity index (χ4n) is 2.95. The van der Waals surface area contributed by atoms with Crippen molar-refractivity contribution in [2.24, 2.45) is 0 Å². The minimum absolute atomic E-state index is 0.167. The quantitative estimate of drug-likeness (QED) is 0.356. The van der Waals surface area contributed by atoms with E-state index in [9.17, 15) is 19.2 Å². The lowest BCUT2D eigenvalue weighted by Gasteiger charge is -2.13. The number of fused-ring (bicyclic) bond motifs is 2. The number of amides is 3. The third kappa shape index (κ3) is 3.91. The van der Waals surface area contributed by atoms with Crippen LogP contribution in [0.15, 0.2) is 46.8 Å². The summed E-state index contributed by atoms with van der Waals surface area (Å²) >= 11 is 2.67. The van der Waals surface area contributed by atoms with E-state index >= 15 is 0 Å². The summed E-state index contributed by atoms with van der Waals surface area (Å²) in [5, 5.41) is 2.71. The largest absolute Gasteiger partial charge is 0.468 e. The molecule has 1 aliphatic heterocycles. The van der Waals surface area contributed by atoms with Crippen molar-refractivity contribution >= 4 is 62.7 Å². The van der Waals surface area contributed by atoms with E-state index in [1.807, 2.05) is 0 Å². The number of imide groups is 1. The minimum atomic E-state index is -0.478. The molecule has 0 aliphatic carbocycles. The zero-order valence-electron chi connectivity index (χ0n) is 15.7. The maximum atomic E-state index is 12.4. The number of carbonyl (C=O) groups is 4. The molecule has 0 fully saturated rings. The van der Waals surface area contributed by atoms with Gasteiger partial charge in [-0.15, -0.1) is 11.3 Å². The predicted molar refractivity (Wildman–Crippen MR) is 113 cm³/mol. The maximum absolute atomic E-state index is 12.4. The van der Waals surface area contributed by atoms with Crippen LogP contribution in [0.1, 0.15) is 20.7 Å². The molecule has 10 heteroatoms. The van der Waals surface area contributed by atoms with Gasteiger partial charge in [-0.1, -0.05) is 23.9 Å². The number of benzene rings is 2. The highest BCUT2D eigenvalue weighted by Crippen LogP contribution is 2.31. The lowest BCUT2D eigenvalue weighted by molar-refractivity contribution is -0.137. The molecule has 1 aliphatic rings. The minimum Gasteiger partial charge on any atom is -0.468 e. The molecule has 3 amide bonds. The van der Waals surface area contributed by atoms with E-state index in [4.69, 9.17) is 0 Å². The summed E-state index contributed by atoms with van der Waals surface area (Å²) in [5.41, 5.74) is 1.87. The molecule has 1 N–H and O–H groups in total. The monoisotopic (exact) mass is 441 g/mol. The Morgan fingerprint density at radius 1 is 1.13 bits per heavy atom. The molecule has 0 saturated heterocycles. The topological polar surface area (TPSA) is 106 Å². The Labute approximate surface area is 179 Å². The molecule has 0 saturated carbocycles. The maximum Gasteiger partial charge on any atom is 0.316 e. The van der Waals surface area contributed by atoms with Crippen LogP contribution < -0.4 is 5.32 Å². The van der Waals surface area contributed by atoms with Crippen LogP contribution in [0.5, 0.6) is 0 Å². The average Bonchev–Trinajstić information content (AvgIpc) is 3.26. The van der Waals surface area contributed by atoms with Crippen molar-refractivity contribution in [1.82, 2.24) is 9.88 Å². The fraction of sp³-hybridized carbons (Fsp3) is 0.150. The second kappa shape index (κ2) is 8.25. The predicted octanol–water partition coefficient (Wildman–Crippen LogP) is 2.80. The first-order chi connectivity index (χ1) is 14.5. The summed E-state index contributed by atoms with van der Waals surface area (Å²) < 4.78 is 6.16. The van der Waals surface area contributed by atoms with Crippen LogP contribution in [0.4, 0.5) is 5.69 Å². The Kier molecular flexibility index (Phi) is 5.51. The van der Waals surface area contributed by atoms with Gasteiger partial charge in [-0.2, -0.15) is 0 Å². The second-order valence-corrected chi connectivity index (χ2v) is 8.57. The van der Waals surface area contributed by atoms with Crippen molar-refractivity contribution in [2.45, 2.75) is 4.34 Å². The van der Waals surface area contributed by atoms with Crippen molar-refractivity contribution < 1.29 is 23.9 Å². The number of nitrogens with one attached hydrogen (secondary N) is 1. The third-order valence-electron chi connectivity index (χ3n) is 4.37. The number of hydrogen-bond donors (Lipinski definition) is 1. The SMILES string of the molecule is COC(=O)CSc1nc2ccc(NC(=O)CN3C(=O)c4ccccc4C3=O)cc2s1. The van der Waals surface area contributed by atoms with Gasteiger partial charge in [0.05, 0.1) is 34.2 Å². The van der Waals surface area contributed by atoms with E-state index in [1.165, 1.54) is 30.2 Å². The number of esters is 1. The van der Waals surface area contributed by atoms with Gasteiger partial charge in [0.15, 0.2) is 4.34 Å². The van der Waals surface area contributed by atoms with Crippen LogP contribution in [0, 0.1) is 0 Å². The van der Waals surface area contributed by atoms with Gasteiger partial charge in [0, 0.05) is 5.69 Å². The van der Waals surface area contributed by atoms with Crippen LogP contribution in [0.3, 0.4) is 0 Å². The molecule has 0 unspecified atom stereocenters. The number of ether oxygens (including phenoxy) is 1. The third-order valence-corrected chi connectivity index (χ3v) is 6.51. The van der Waals surface area contributed by atoms with E-state index in [0.717, 1.165) is 15.1 Å². The Bertz CT molecular complexity index is 1160. The summed E-state index contributed by atoms with van der Waals surface area (Å²) in [4.78, 5) is 53.8. The normalized spacial score (nSPS) is 12.9. The van der Waals surface area contributed by atoms with E-state index < -0.39 is 17.7 Å². The molecule has 2 aromatic carbocycles. The standard InChI is InChI=1S/C20H15N3O5S2/c1-28-17(25)10-29-20-22-14-7-6-11(8-15(14)30-20)21-16(24)9-23-18(26)12-4-2-3-5-13(12)19(23)27/h2-8H,9-10H2,1H3,(H,21,24). The molecule has 0 radical (unpaired) electrons. The Morgan fingerprint density at radius 3 is 2.50 bits per heavy atom. The van der Waals surface area contributed by atoms with Crippen LogP contribution in [-0.2, 0) is 14.3 Å². The van der Waals surface area contributed by atoms with E-state index in [1.54, 1.807) is 42.5 Å². The Balaban J connectivity index is 1.43. The molecule has 1 aromatic heterocycles. The first kappa shape index (κ1) is 20.0. The van der Waals surface area contributed by atoms with Gasteiger partial charge in [-0.05, 0) is 30.3 Å². The number of thiazole rings is 1. The molecule has 4 rings (SSSR count). The number of hydrogen-bond acceptors (Lipinski definition) is 8. The van der Waals surface area contributed by atoms with E-state index in [-0.39, 0.29) is 18.3 Å². The first-order valence-electron chi connectivity index (χ1n) is 8.81. The van der Waals surface area contributed by atoms with Gasteiger partial charge >= 0.3 is 5.97 Å². The van der Waals surface area contributed by atoms with Gasteiger partial charge in [-0.25, -0.2) is 4.98 Å². The van der Waals surface area contributed by atoms with Gasteiger partial charge in [0.2, 0.25) is 5.91 Å². The van der Waals surface area contributed by atoms with Crippen LogP contribution in [0.25, 0.3) is 10.2 Å². The molecule has 152 valence electrons. The van der Waals surface area contributed by atoms with Crippen LogP contribution >= 0.6 is 23.1 Å². The van der Waals surface area contributed by atoms with Crippen LogP contribution in [-0.4, -0.2) is 53.0 Å². The smallest absolute Gasteiger partial charge is 0.316 e. The zero-order valence-corrected chi connectivity index (χ0v) is 17.3. The van der Waals surface area contributed by atoms with Crippen molar-refractivity contribution in [3.05, 3.63) is 53.6 Å². The molecule has 8 nitrogen and oxygen atoms in total. The van der Waals surface area contributed by atoms with Crippen molar-refractivity contribution in [2.75, 3.05) is 24.7 Å². The Hall–Kier alpha value is -3.24. The number of carbonyl (C=O) groups excluding carboxylic acids is 4. The second-order valence-electron chi connectivity index (χ2n) is 6.32. The molecule has 30 heavy (non-hydrogen) atoms. The zero-order chi connectivity index (χ0) is 21.3. The summed E-state index contributed by atoms with van der Waals surface area (Å²) in [7, 11) is 1.33. The lowest BCUT2D eigenvalue weighted by atomic mass is 10.1. The number of rotatable bonds is 6. The van der Waals surface area contributed by atoms with Gasteiger partial charge < -0.3 is 10.1 Å². The molecule has 0 bridgehead atoms. The van der Waals surface area contributed by atoms with Crippen LogP contribution in [0.2, 0.25) is 0 Å². The van der Waals surface area contributed by atoms with Crippen molar-refractivity contribution in [3.8, 4) is 0 Å². The van der Waals surface area contributed by atoms with Crippen molar-refractivity contribution in [1.29, 1.82) is 0 Å². The summed E-state index contributed by atoms with van der Waals surface area (Å²) in [5.74, 6) is -1.60. The number of methoxy groups -OCH3 is 1. The molecule has 3 aromatic rings. The van der Waals surface area contributed by atoms with Gasteiger partial charge in [-0.3, -0.25) is 24.1 Å². The fourth-order valence-corrected chi connectivity index (χ4v) is 4.89. The highest BCUT2D eigenvalue weighted by molar-refractivity contribution is 8.01. The summed E-state index contributed by atoms with van der Waals surface area (Å²) in [6.45, 7) is -0.368. The molecular formula is C20H15N3O5S2. The number of anilines is 1. The highest BCUT2D eigenvalue weighted by Gasteiger charge is 2.36. The summed E-state index contributed by atoms with van der Waals surface area (Å²) in [6.07, 6.45) is 0. The average molecular weight is 441 g/mol. The van der Waals surface area contributed by atoms with Gasteiger partial charge in [0.1, 0.15) is 6.54 Å². The molecule has 0 spiro atoms. The lowest BCUT2D eigenvalue weighted by Crippen LogP contribution is -2.37.